The van der Waals surface area contributed by atoms with E-state index in [2.05, 4.69) is 5.32 Å². The van der Waals surface area contributed by atoms with Gasteiger partial charge in [-0.25, -0.2) is 4.98 Å². The maximum atomic E-state index is 13.5. The lowest BCUT2D eigenvalue weighted by atomic mass is 10.0. The first-order chi connectivity index (χ1) is 17.5. The van der Waals surface area contributed by atoms with Crippen LogP contribution in [-0.4, -0.2) is 21.2 Å². The smallest absolute Gasteiger partial charge is 0.266 e. The van der Waals surface area contributed by atoms with Crippen LogP contribution >= 0.6 is 11.8 Å². The molecule has 0 radical (unpaired) electrons. The number of thioether (sulfide) groups is 1. The van der Waals surface area contributed by atoms with Crippen LogP contribution in [0.15, 0.2) is 107 Å². The number of carbonyl (C=O) groups is 1. The van der Waals surface area contributed by atoms with E-state index in [-0.39, 0.29) is 17.2 Å². The van der Waals surface area contributed by atoms with Gasteiger partial charge in [0, 0.05) is 11.3 Å². The molecule has 5 rings (SSSR count). The van der Waals surface area contributed by atoms with Crippen molar-refractivity contribution in [1.82, 2.24) is 9.55 Å². The van der Waals surface area contributed by atoms with Crippen LogP contribution in [0.1, 0.15) is 11.1 Å². The molecule has 4 aromatic carbocycles. The van der Waals surface area contributed by atoms with Gasteiger partial charge in [-0.2, -0.15) is 0 Å². The Labute approximate surface area is 213 Å². The topological polar surface area (TPSA) is 64.0 Å². The number of anilines is 1. The van der Waals surface area contributed by atoms with E-state index >= 15 is 0 Å². The number of amides is 1. The fraction of sp³-hybridized carbons (Fsp3) is 0.100. The molecule has 5 nitrogen and oxygen atoms in total. The summed E-state index contributed by atoms with van der Waals surface area (Å²) in [4.78, 5) is 31.3. The Balaban J connectivity index is 1.46. The van der Waals surface area contributed by atoms with Crippen molar-refractivity contribution in [2.24, 2.45) is 0 Å². The standard InChI is InChI=1S/C30H25N3O2S/c1-20-16-17-27(21(2)18-20)33-29(35)24-13-7-9-15-26(24)32-30(33)36-19-28(34)31-25-14-8-6-12-23(25)22-10-4-3-5-11-22/h3-18H,19H2,1-2H3,(H,31,34). The van der Waals surface area contributed by atoms with Gasteiger partial charge in [-0.15, -0.1) is 0 Å². The van der Waals surface area contributed by atoms with Crippen LogP contribution in [0.4, 0.5) is 5.69 Å². The average Bonchev–Trinajstić information content (AvgIpc) is 2.89. The minimum absolute atomic E-state index is 0.110. The van der Waals surface area contributed by atoms with E-state index in [1.165, 1.54) is 11.8 Å². The minimum atomic E-state index is -0.169. The van der Waals surface area contributed by atoms with Gasteiger partial charge in [-0.05, 0) is 49.2 Å². The highest BCUT2D eigenvalue weighted by Gasteiger charge is 2.17. The molecule has 0 aliphatic heterocycles. The highest BCUT2D eigenvalue weighted by molar-refractivity contribution is 7.99. The van der Waals surface area contributed by atoms with Crippen molar-refractivity contribution < 1.29 is 4.79 Å². The average molecular weight is 492 g/mol. The van der Waals surface area contributed by atoms with Crippen molar-refractivity contribution in [2.45, 2.75) is 19.0 Å². The summed E-state index contributed by atoms with van der Waals surface area (Å²) in [5, 5.41) is 4.06. The van der Waals surface area contributed by atoms with E-state index in [0.29, 0.717) is 16.1 Å². The number of rotatable bonds is 6. The number of hydrogen-bond donors (Lipinski definition) is 1. The van der Waals surface area contributed by atoms with Gasteiger partial charge in [-0.1, -0.05) is 90.1 Å². The monoisotopic (exact) mass is 491 g/mol. The normalized spacial score (nSPS) is 10.9. The summed E-state index contributed by atoms with van der Waals surface area (Å²) < 4.78 is 1.62. The quantitative estimate of drug-likeness (QED) is 0.220. The maximum absolute atomic E-state index is 13.5. The SMILES string of the molecule is Cc1ccc(-n2c(SCC(=O)Nc3ccccc3-c3ccccc3)nc3ccccc3c2=O)c(C)c1. The summed E-state index contributed by atoms with van der Waals surface area (Å²) in [6.45, 7) is 4.00. The number of nitrogens with one attached hydrogen (secondary N) is 1. The lowest BCUT2D eigenvalue weighted by molar-refractivity contribution is -0.113. The highest BCUT2D eigenvalue weighted by Crippen LogP contribution is 2.28. The predicted octanol–water partition coefficient (Wildman–Crippen LogP) is 6.40. The molecule has 0 atom stereocenters. The fourth-order valence-electron chi connectivity index (χ4n) is 4.26. The summed E-state index contributed by atoms with van der Waals surface area (Å²) in [5.41, 5.74) is 6.04. The molecule has 1 N–H and O–H groups in total. The van der Waals surface area contributed by atoms with Crippen LogP contribution in [0.3, 0.4) is 0 Å². The third-order valence-corrected chi connectivity index (χ3v) is 6.90. The molecule has 5 aromatic rings. The van der Waals surface area contributed by atoms with Crippen LogP contribution < -0.4 is 10.9 Å². The number of fused-ring (bicyclic) bond motifs is 1. The molecular formula is C30H25N3O2S. The van der Waals surface area contributed by atoms with E-state index in [4.69, 9.17) is 4.98 Å². The Bertz CT molecular complexity index is 1630. The first-order valence-electron chi connectivity index (χ1n) is 11.7. The Morgan fingerprint density at radius 2 is 1.61 bits per heavy atom. The lowest BCUT2D eigenvalue weighted by Crippen LogP contribution is -2.23. The molecule has 0 spiro atoms. The summed E-state index contributed by atoms with van der Waals surface area (Å²) >= 11 is 1.25. The number of aromatic nitrogens is 2. The molecule has 1 aromatic heterocycles. The van der Waals surface area contributed by atoms with E-state index in [0.717, 1.165) is 33.6 Å². The minimum Gasteiger partial charge on any atom is -0.325 e. The molecule has 0 saturated heterocycles. The highest BCUT2D eigenvalue weighted by atomic mass is 32.2. The third kappa shape index (κ3) is 4.81. The summed E-state index contributed by atoms with van der Waals surface area (Å²) in [6.07, 6.45) is 0. The van der Waals surface area contributed by atoms with E-state index in [1.807, 2.05) is 105 Å². The summed E-state index contributed by atoms with van der Waals surface area (Å²) in [7, 11) is 0. The first kappa shape index (κ1) is 23.6. The van der Waals surface area contributed by atoms with Gasteiger partial charge < -0.3 is 5.32 Å². The summed E-state index contributed by atoms with van der Waals surface area (Å²) in [5.74, 6) is -0.0586. The first-order valence-corrected chi connectivity index (χ1v) is 12.7. The summed E-state index contributed by atoms with van der Waals surface area (Å²) in [6, 6.07) is 30.9. The largest absolute Gasteiger partial charge is 0.325 e. The zero-order valence-corrected chi connectivity index (χ0v) is 20.9. The second kappa shape index (κ2) is 10.2. The maximum Gasteiger partial charge on any atom is 0.266 e. The number of nitrogens with zero attached hydrogens (tertiary/aromatic N) is 2. The Morgan fingerprint density at radius 1 is 0.889 bits per heavy atom. The molecule has 6 heteroatoms. The molecule has 36 heavy (non-hydrogen) atoms. The van der Waals surface area contributed by atoms with Crippen LogP contribution in [0.25, 0.3) is 27.7 Å². The molecule has 0 fully saturated rings. The van der Waals surface area contributed by atoms with Crippen LogP contribution in [-0.2, 0) is 4.79 Å². The Hall–Kier alpha value is -4.16. The Morgan fingerprint density at radius 3 is 2.42 bits per heavy atom. The van der Waals surface area contributed by atoms with Crippen molar-refractivity contribution in [1.29, 1.82) is 0 Å². The second-order valence-electron chi connectivity index (χ2n) is 8.59. The number of hydrogen-bond acceptors (Lipinski definition) is 4. The Kier molecular flexibility index (Phi) is 6.69. The third-order valence-electron chi connectivity index (χ3n) is 5.96. The number of benzene rings is 4. The molecule has 0 unspecified atom stereocenters. The van der Waals surface area contributed by atoms with E-state index < -0.39 is 0 Å². The van der Waals surface area contributed by atoms with Gasteiger partial charge >= 0.3 is 0 Å². The number of para-hydroxylation sites is 2. The van der Waals surface area contributed by atoms with Gasteiger partial charge in [0.05, 0.1) is 22.3 Å². The zero-order valence-electron chi connectivity index (χ0n) is 20.1. The second-order valence-corrected chi connectivity index (χ2v) is 9.53. The zero-order chi connectivity index (χ0) is 25.1. The lowest BCUT2D eigenvalue weighted by Gasteiger charge is -2.16. The van der Waals surface area contributed by atoms with Crippen molar-refractivity contribution >= 4 is 34.3 Å². The van der Waals surface area contributed by atoms with Gasteiger partial charge in [0.25, 0.3) is 5.56 Å². The van der Waals surface area contributed by atoms with E-state index in [9.17, 15) is 9.59 Å². The molecule has 0 aliphatic rings. The molecule has 178 valence electrons. The van der Waals surface area contributed by atoms with Crippen LogP contribution in [0, 0.1) is 13.8 Å². The van der Waals surface area contributed by atoms with Crippen molar-refractivity contribution in [2.75, 3.05) is 11.1 Å². The number of aryl methyl sites for hydroxylation is 2. The van der Waals surface area contributed by atoms with Crippen LogP contribution in [0.2, 0.25) is 0 Å². The molecule has 0 aliphatic carbocycles. The van der Waals surface area contributed by atoms with Crippen molar-refractivity contribution in [3.63, 3.8) is 0 Å². The van der Waals surface area contributed by atoms with Gasteiger partial charge in [0.2, 0.25) is 5.91 Å². The fourth-order valence-corrected chi connectivity index (χ4v) is 5.06. The van der Waals surface area contributed by atoms with E-state index in [1.54, 1.807) is 10.6 Å². The van der Waals surface area contributed by atoms with Crippen molar-refractivity contribution in [3.8, 4) is 16.8 Å². The molecule has 0 saturated carbocycles. The molecule has 1 heterocycles. The van der Waals surface area contributed by atoms with Crippen molar-refractivity contribution in [3.05, 3.63) is 119 Å². The molecule has 1 amide bonds. The molecule has 0 bridgehead atoms. The van der Waals surface area contributed by atoms with Crippen LogP contribution in [0.5, 0.6) is 0 Å². The number of carbonyl (C=O) groups excluding carboxylic acids is 1. The van der Waals surface area contributed by atoms with Gasteiger partial charge in [-0.3, -0.25) is 14.2 Å². The van der Waals surface area contributed by atoms with Gasteiger partial charge in [0.15, 0.2) is 5.16 Å². The molecular weight excluding hydrogens is 466 g/mol. The predicted molar refractivity (Wildman–Crippen MR) is 148 cm³/mol. The van der Waals surface area contributed by atoms with Gasteiger partial charge in [0.1, 0.15) is 0 Å².